The third-order valence-corrected chi connectivity index (χ3v) is 3.27. The zero-order chi connectivity index (χ0) is 13.1. The summed E-state index contributed by atoms with van der Waals surface area (Å²) in [5.41, 5.74) is 3.31. The van der Waals surface area contributed by atoms with E-state index in [1.807, 2.05) is 36.4 Å². The van der Waals surface area contributed by atoms with Crippen molar-refractivity contribution in [3.63, 3.8) is 0 Å². The van der Waals surface area contributed by atoms with Crippen molar-refractivity contribution < 1.29 is 4.74 Å². The maximum atomic E-state index is 8.86. The molecule has 0 fully saturated rings. The van der Waals surface area contributed by atoms with E-state index in [1.54, 1.807) is 0 Å². The Morgan fingerprint density at radius 2 is 1.79 bits per heavy atom. The van der Waals surface area contributed by atoms with Gasteiger partial charge in [0.1, 0.15) is 12.4 Å². The van der Waals surface area contributed by atoms with Gasteiger partial charge in [-0.2, -0.15) is 5.26 Å². The minimum Gasteiger partial charge on any atom is -0.487 e. The normalized spacial score (nSPS) is 12.7. The highest BCUT2D eigenvalue weighted by Gasteiger charge is 2.20. The van der Waals surface area contributed by atoms with Crippen LogP contribution in [0.4, 0.5) is 11.4 Å². The predicted molar refractivity (Wildman–Crippen MR) is 74.5 cm³/mol. The van der Waals surface area contributed by atoms with Crippen LogP contribution < -0.4 is 9.64 Å². The highest BCUT2D eigenvalue weighted by molar-refractivity contribution is 5.72. The van der Waals surface area contributed by atoms with Crippen molar-refractivity contribution in [3.8, 4) is 11.8 Å². The Morgan fingerprint density at radius 3 is 2.63 bits per heavy atom. The third kappa shape index (κ3) is 2.13. The Hall–Kier alpha value is -2.47. The molecule has 19 heavy (non-hydrogen) atoms. The summed E-state index contributed by atoms with van der Waals surface area (Å²) in [6.07, 6.45) is 0.489. The molecule has 2 aromatic rings. The smallest absolute Gasteiger partial charge is 0.143 e. The molecule has 94 valence electrons. The number of para-hydroxylation sites is 3. The summed E-state index contributed by atoms with van der Waals surface area (Å²) in [6.45, 7) is 1.24. The van der Waals surface area contributed by atoms with E-state index in [4.69, 9.17) is 10.00 Å². The monoisotopic (exact) mass is 250 g/mol. The van der Waals surface area contributed by atoms with E-state index in [0.717, 1.165) is 22.7 Å². The molecule has 1 aliphatic rings. The molecule has 0 amide bonds. The number of anilines is 2. The summed E-state index contributed by atoms with van der Waals surface area (Å²) < 4.78 is 5.86. The minimum atomic E-state index is 0.489. The zero-order valence-corrected chi connectivity index (χ0v) is 10.5. The van der Waals surface area contributed by atoms with Gasteiger partial charge < -0.3 is 9.64 Å². The summed E-state index contributed by atoms with van der Waals surface area (Å²) in [5.74, 6) is 0.872. The molecular weight excluding hydrogens is 236 g/mol. The largest absolute Gasteiger partial charge is 0.487 e. The number of nitrogens with zero attached hydrogens (tertiary/aromatic N) is 2. The molecule has 3 rings (SSSR count). The van der Waals surface area contributed by atoms with Crippen LogP contribution in [0.15, 0.2) is 48.5 Å². The van der Waals surface area contributed by atoms with E-state index < -0.39 is 0 Å². The van der Waals surface area contributed by atoms with E-state index in [9.17, 15) is 0 Å². The second-order valence-electron chi connectivity index (χ2n) is 4.44. The van der Waals surface area contributed by atoms with Crippen LogP contribution >= 0.6 is 0 Å². The average Bonchev–Trinajstić information content (AvgIpc) is 2.62. The van der Waals surface area contributed by atoms with E-state index in [-0.39, 0.29) is 0 Å². The number of hydrogen-bond donors (Lipinski definition) is 0. The van der Waals surface area contributed by atoms with Gasteiger partial charge in [-0.05, 0) is 18.2 Å². The minimum absolute atomic E-state index is 0.489. The van der Waals surface area contributed by atoms with Crippen LogP contribution in [-0.4, -0.2) is 6.54 Å². The van der Waals surface area contributed by atoms with Crippen LogP contribution in [0.25, 0.3) is 0 Å². The van der Waals surface area contributed by atoms with Crippen molar-refractivity contribution >= 4 is 11.4 Å². The number of benzene rings is 2. The second-order valence-corrected chi connectivity index (χ2v) is 4.44. The van der Waals surface area contributed by atoms with Crippen LogP contribution in [0.3, 0.4) is 0 Å². The summed E-state index contributed by atoms with van der Waals surface area (Å²) in [5, 5.41) is 8.86. The van der Waals surface area contributed by atoms with E-state index in [1.165, 1.54) is 0 Å². The molecule has 3 heteroatoms. The lowest BCUT2D eigenvalue weighted by atomic mass is 10.1. The molecule has 0 aliphatic carbocycles. The maximum absolute atomic E-state index is 8.86. The van der Waals surface area contributed by atoms with E-state index in [2.05, 4.69) is 23.1 Å². The van der Waals surface area contributed by atoms with E-state index in [0.29, 0.717) is 19.6 Å². The summed E-state index contributed by atoms with van der Waals surface area (Å²) in [4.78, 5) is 2.17. The van der Waals surface area contributed by atoms with Gasteiger partial charge >= 0.3 is 0 Å². The molecule has 0 saturated heterocycles. The molecule has 1 heterocycles. The molecule has 2 aromatic carbocycles. The van der Waals surface area contributed by atoms with Gasteiger partial charge in [0.15, 0.2) is 0 Å². The van der Waals surface area contributed by atoms with Crippen LogP contribution in [-0.2, 0) is 6.61 Å². The second kappa shape index (κ2) is 5.03. The van der Waals surface area contributed by atoms with Gasteiger partial charge in [0.05, 0.1) is 18.2 Å². The van der Waals surface area contributed by atoms with Gasteiger partial charge in [-0.3, -0.25) is 0 Å². The lowest BCUT2D eigenvalue weighted by Gasteiger charge is -2.24. The van der Waals surface area contributed by atoms with Crippen molar-refractivity contribution in [2.45, 2.75) is 13.0 Å². The Labute approximate surface area is 112 Å². The number of hydrogen-bond acceptors (Lipinski definition) is 3. The first-order chi connectivity index (χ1) is 9.40. The van der Waals surface area contributed by atoms with Gasteiger partial charge in [-0.1, -0.05) is 30.3 Å². The average molecular weight is 250 g/mol. The molecule has 0 radical (unpaired) electrons. The Kier molecular flexibility index (Phi) is 3.07. The van der Waals surface area contributed by atoms with Gasteiger partial charge in [-0.25, -0.2) is 0 Å². The lowest BCUT2D eigenvalue weighted by Crippen LogP contribution is -2.18. The fraction of sp³-hybridized carbons (Fsp3) is 0.188. The van der Waals surface area contributed by atoms with Gasteiger partial charge in [0.25, 0.3) is 0 Å². The van der Waals surface area contributed by atoms with Crippen LogP contribution in [0.5, 0.6) is 5.75 Å². The van der Waals surface area contributed by atoms with Crippen molar-refractivity contribution in [2.75, 3.05) is 11.4 Å². The lowest BCUT2D eigenvalue weighted by molar-refractivity contribution is 0.310. The molecule has 0 atom stereocenters. The van der Waals surface area contributed by atoms with Crippen molar-refractivity contribution in [1.82, 2.24) is 0 Å². The first-order valence-electron chi connectivity index (χ1n) is 6.34. The number of ether oxygens (including phenoxy) is 1. The zero-order valence-electron chi connectivity index (χ0n) is 10.5. The van der Waals surface area contributed by atoms with Gasteiger partial charge in [0.2, 0.25) is 0 Å². The van der Waals surface area contributed by atoms with Crippen molar-refractivity contribution in [3.05, 3.63) is 54.1 Å². The Balaban J connectivity index is 2.11. The fourth-order valence-corrected chi connectivity index (χ4v) is 2.39. The number of nitriles is 1. The van der Waals surface area contributed by atoms with Gasteiger partial charge in [-0.15, -0.1) is 0 Å². The van der Waals surface area contributed by atoms with Crippen molar-refractivity contribution in [1.29, 1.82) is 5.26 Å². The summed E-state index contributed by atoms with van der Waals surface area (Å²) in [6, 6.07) is 18.4. The Bertz CT molecular complexity index is 583. The SMILES string of the molecule is N#CCCN1c2ccccc2COc2ccccc21. The van der Waals surface area contributed by atoms with Gasteiger partial charge in [0, 0.05) is 17.8 Å². The van der Waals surface area contributed by atoms with Crippen LogP contribution in [0.2, 0.25) is 0 Å². The predicted octanol–water partition coefficient (Wildman–Crippen LogP) is 3.63. The molecule has 0 spiro atoms. The molecular formula is C16H14N2O. The number of fused-ring (bicyclic) bond motifs is 2. The molecule has 0 aromatic heterocycles. The Morgan fingerprint density at radius 1 is 1.05 bits per heavy atom. The summed E-state index contributed by atoms with van der Waals surface area (Å²) >= 11 is 0. The first-order valence-corrected chi connectivity index (χ1v) is 6.34. The number of rotatable bonds is 2. The standard InChI is InChI=1S/C16H14N2O/c17-10-5-11-18-14-7-2-1-6-13(14)12-19-16-9-4-3-8-15(16)18/h1-4,6-9H,5,11-12H2. The molecule has 0 unspecified atom stereocenters. The highest BCUT2D eigenvalue weighted by Crippen LogP contribution is 2.38. The van der Waals surface area contributed by atoms with Crippen LogP contribution in [0, 0.1) is 11.3 Å². The third-order valence-electron chi connectivity index (χ3n) is 3.27. The van der Waals surface area contributed by atoms with Crippen LogP contribution in [0.1, 0.15) is 12.0 Å². The van der Waals surface area contributed by atoms with E-state index >= 15 is 0 Å². The fourth-order valence-electron chi connectivity index (χ4n) is 2.39. The molecule has 0 saturated carbocycles. The molecule has 0 bridgehead atoms. The molecule has 0 N–H and O–H groups in total. The highest BCUT2D eigenvalue weighted by atomic mass is 16.5. The maximum Gasteiger partial charge on any atom is 0.143 e. The topological polar surface area (TPSA) is 36.3 Å². The molecule has 3 nitrogen and oxygen atoms in total. The quantitative estimate of drug-likeness (QED) is 0.816. The molecule has 1 aliphatic heterocycles. The first kappa shape index (κ1) is 11.6. The van der Waals surface area contributed by atoms with Crippen molar-refractivity contribution in [2.24, 2.45) is 0 Å². The summed E-state index contributed by atoms with van der Waals surface area (Å²) in [7, 11) is 0.